The van der Waals surface area contributed by atoms with E-state index in [1.165, 1.54) is 37.7 Å². The SMILES string of the molecule is C=CCCC(C)(C1CCCC1)C1C2C=C(C)C=CC2C2C=CC(C(C)(C)C)=CC21. The molecule has 0 heterocycles. The van der Waals surface area contributed by atoms with Crippen molar-refractivity contribution in [3.8, 4) is 0 Å². The molecule has 4 rings (SSSR count). The summed E-state index contributed by atoms with van der Waals surface area (Å²) in [5.41, 5.74) is 3.65. The lowest BCUT2D eigenvalue weighted by molar-refractivity contribution is 0.0454. The van der Waals surface area contributed by atoms with E-state index in [9.17, 15) is 0 Å². The number of allylic oxidation sites excluding steroid dienone is 9. The van der Waals surface area contributed by atoms with Gasteiger partial charge in [0.15, 0.2) is 0 Å². The van der Waals surface area contributed by atoms with E-state index in [1.54, 1.807) is 5.57 Å². The highest BCUT2D eigenvalue weighted by atomic mass is 14.6. The second-order valence-electron chi connectivity index (χ2n) is 11.7. The van der Waals surface area contributed by atoms with Gasteiger partial charge < -0.3 is 0 Å². The average molecular weight is 391 g/mol. The summed E-state index contributed by atoms with van der Waals surface area (Å²) in [6.07, 6.45) is 25.7. The van der Waals surface area contributed by atoms with Crippen molar-refractivity contribution < 1.29 is 0 Å². The monoisotopic (exact) mass is 390 g/mol. The molecule has 0 saturated heterocycles. The van der Waals surface area contributed by atoms with Crippen molar-refractivity contribution in [2.24, 2.45) is 46.3 Å². The van der Waals surface area contributed by atoms with Crippen LogP contribution < -0.4 is 0 Å². The highest BCUT2D eigenvalue weighted by Crippen LogP contribution is 2.63. The third-order valence-corrected chi connectivity index (χ3v) is 8.87. The molecule has 158 valence electrons. The van der Waals surface area contributed by atoms with Gasteiger partial charge >= 0.3 is 0 Å². The maximum absolute atomic E-state index is 4.09. The molecule has 0 N–H and O–H groups in total. The van der Waals surface area contributed by atoms with Crippen molar-refractivity contribution in [1.29, 1.82) is 0 Å². The van der Waals surface area contributed by atoms with E-state index in [1.807, 2.05) is 0 Å². The van der Waals surface area contributed by atoms with Gasteiger partial charge in [-0.15, -0.1) is 6.58 Å². The van der Waals surface area contributed by atoms with E-state index in [4.69, 9.17) is 0 Å². The van der Waals surface area contributed by atoms with Gasteiger partial charge in [0.25, 0.3) is 0 Å². The minimum atomic E-state index is 0.228. The van der Waals surface area contributed by atoms with E-state index in [2.05, 4.69) is 83.7 Å². The Morgan fingerprint density at radius 2 is 1.55 bits per heavy atom. The molecule has 0 radical (unpaired) electrons. The zero-order valence-corrected chi connectivity index (χ0v) is 19.5. The van der Waals surface area contributed by atoms with Crippen LogP contribution in [0.1, 0.15) is 73.1 Å². The molecule has 0 heteroatoms. The zero-order valence-electron chi connectivity index (χ0n) is 19.5. The Morgan fingerprint density at radius 1 is 0.931 bits per heavy atom. The minimum Gasteiger partial charge on any atom is -0.103 e. The van der Waals surface area contributed by atoms with E-state index in [0.717, 1.165) is 18.3 Å². The number of hydrogen-bond donors (Lipinski definition) is 0. The number of fused-ring (bicyclic) bond motifs is 3. The first-order valence-electron chi connectivity index (χ1n) is 12.1. The molecule has 2 saturated carbocycles. The zero-order chi connectivity index (χ0) is 20.8. The Balaban J connectivity index is 1.80. The molecule has 0 amide bonds. The first-order valence-corrected chi connectivity index (χ1v) is 12.1. The van der Waals surface area contributed by atoms with Gasteiger partial charge in [0.2, 0.25) is 0 Å². The molecular weight excluding hydrogens is 348 g/mol. The summed E-state index contributed by atoms with van der Waals surface area (Å²) in [6, 6.07) is 0. The normalized spacial score (nSPS) is 36.2. The van der Waals surface area contributed by atoms with Crippen LogP contribution in [-0.2, 0) is 0 Å². The van der Waals surface area contributed by atoms with Gasteiger partial charge in [-0.1, -0.05) is 88.6 Å². The van der Waals surface area contributed by atoms with Crippen molar-refractivity contribution in [3.05, 3.63) is 60.3 Å². The molecule has 0 aromatic carbocycles. The molecular formula is C29H42. The summed E-state index contributed by atoms with van der Waals surface area (Å²) in [5.74, 6) is 4.32. The third kappa shape index (κ3) is 3.66. The van der Waals surface area contributed by atoms with E-state index < -0.39 is 0 Å². The molecule has 4 aliphatic rings. The standard InChI is InChI=1S/C29H42/c1-7-8-17-29(6,21-11-9-10-12-21)27-25-18-20(2)13-15-23(25)24-16-14-22(19-26(24)27)28(3,4)5/h7,13-16,18-19,21,23-27H,1,8-12,17H2,2-6H3. The Labute approximate surface area is 179 Å². The summed E-state index contributed by atoms with van der Waals surface area (Å²) >= 11 is 0. The van der Waals surface area contributed by atoms with Gasteiger partial charge in [-0.25, -0.2) is 0 Å². The molecule has 29 heavy (non-hydrogen) atoms. The first kappa shape index (κ1) is 21.0. The molecule has 0 aromatic rings. The molecule has 2 fully saturated rings. The van der Waals surface area contributed by atoms with Gasteiger partial charge in [-0.05, 0) is 84.5 Å². The highest BCUT2D eigenvalue weighted by Gasteiger charge is 2.56. The fraction of sp³-hybridized carbons (Fsp3) is 0.655. The smallest absolute Gasteiger partial charge is 0.00952 e. The van der Waals surface area contributed by atoms with Crippen molar-refractivity contribution in [2.75, 3.05) is 0 Å². The Hall–Kier alpha value is -1.30. The van der Waals surface area contributed by atoms with Gasteiger partial charge in [0.05, 0.1) is 0 Å². The van der Waals surface area contributed by atoms with Crippen LogP contribution >= 0.6 is 0 Å². The largest absolute Gasteiger partial charge is 0.103 e. The number of hydrogen-bond acceptors (Lipinski definition) is 0. The maximum atomic E-state index is 4.09. The van der Waals surface area contributed by atoms with Crippen molar-refractivity contribution in [2.45, 2.75) is 73.1 Å². The van der Waals surface area contributed by atoms with E-state index in [-0.39, 0.29) is 5.41 Å². The van der Waals surface area contributed by atoms with Gasteiger partial charge in [-0.3, -0.25) is 0 Å². The van der Waals surface area contributed by atoms with Crippen LogP contribution in [0.3, 0.4) is 0 Å². The van der Waals surface area contributed by atoms with Crippen LogP contribution in [0.15, 0.2) is 60.3 Å². The molecule has 6 unspecified atom stereocenters. The molecule has 6 atom stereocenters. The van der Waals surface area contributed by atoms with Gasteiger partial charge in [-0.2, -0.15) is 0 Å². The molecule has 0 aromatic heterocycles. The molecule has 0 spiro atoms. The summed E-state index contributed by atoms with van der Waals surface area (Å²) in [6.45, 7) is 16.2. The summed E-state index contributed by atoms with van der Waals surface area (Å²) in [5, 5.41) is 0. The summed E-state index contributed by atoms with van der Waals surface area (Å²) < 4.78 is 0. The summed E-state index contributed by atoms with van der Waals surface area (Å²) in [7, 11) is 0. The Bertz CT molecular complexity index is 745. The predicted molar refractivity (Wildman–Crippen MR) is 127 cm³/mol. The van der Waals surface area contributed by atoms with Crippen molar-refractivity contribution in [1.82, 2.24) is 0 Å². The van der Waals surface area contributed by atoms with Crippen LogP contribution in [0.25, 0.3) is 0 Å². The van der Waals surface area contributed by atoms with Gasteiger partial charge in [0.1, 0.15) is 0 Å². The molecule has 0 nitrogen and oxygen atoms in total. The number of rotatable bonds is 5. The lowest BCUT2D eigenvalue weighted by Crippen LogP contribution is -2.40. The highest BCUT2D eigenvalue weighted by molar-refractivity contribution is 5.38. The molecule has 0 aliphatic heterocycles. The van der Waals surface area contributed by atoms with Crippen molar-refractivity contribution >= 4 is 0 Å². The predicted octanol–water partition coefficient (Wildman–Crippen LogP) is 8.30. The molecule has 0 bridgehead atoms. The fourth-order valence-corrected chi connectivity index (χ4v) is 7.31. The van der Waals surface area contributed by atoms with E-state index in [0.29, 0.717) is 29.1 Å². The van der Waals surface area contributed by atoms with E-state index >= 15 is 0 Å². The first-order chi connectivity index (χ1) is 13.8. The average Bonchev–Trinajstić information content (AvgIpc) is 3.31. The van der Waals surface area contributed by atoms with Crippen LogP contribution in [0.2, 0.25) is 0 Å². The topological polar surface area (TPSA) is 0 Å². The van der Waals surface area contributed by atoms with Crippen LogP contribution in [0.4, 0.5) is 0 Å². The second-order valence-corrected chi connectivity index (χ2v) is 11.7. The Morgan fingerprint density at radius 3 is 2.17 bits per heavy atom. The van der Waals surface area contributed by atoms with Crippen LogP contribution in [0.5, 0.6) is 0 Å². The van der Waals surface area contributed by atoms with Gasteiger partial charge in [0, 0.05) is 0 Å². The molecule has 4 aliphatic carbocycles. The quantitative estimate of drug-likeness (QED) is 0.414. The van der Waals surface area contributed by atoms with Crippen molar-refractivity contribution in [3.63, 3.8) is 0 Å². The second kappa shape index (κ2) is 7.75. The third-order valence-electron chi connectivity index (χ3n) is 8.87. The lowest BCUT2D eigenvalue weighted by Gasteiger charge is -2.47. The fourth-order valence-electron chi connectivity index (χ4n) is 7.31. The van der Waals surface area contributed by atoms with Crippen LogP contribution in [0, 0.1) is 46.3 Å². The summed E-state index contributed by atoms with van der Waals surface area (Å²) in [4.78, 5) is 0. The maximum Gasteiger partial charge on any atom is -0.00952 e. The van der Waals surface area contributed by atoms with Crippen LogP contribution in [-0.4, -0.2) is 0 Å². The minimum absolute atomic E-state index is 0.228. The lowest BCUT2D eigenvalue weighted by atomic mass is 9.58. The Kier molecular flexibility index (Phi) is 5.60.